The third-order valence-corrected chi connectivity index (χ3v) is 5.38. The molecule has 0 aliphatic rings. The van der Waals surface area contributed by atoms with E-state index in [4.69, 9.17) is 15.2 Å². The summed E-state index contributed by atoms with van der Waals surface area (Å²) >= 11 is 1.17. The second-order valence-corrected chi connectivity index (χ2v) is 7.60. The van der Waals surface area contributed by atoms with E-state index < -0.39 is 11.7 Å². The first-order chi connectivity index (χ1) is 14.9. The molecule has 3 aromatic rings. The molecule has 4 N–H and O–H groups in total. The van der Waals surface area contributed by atoms with Crippen molar-refractivity contribution in [1.29, 1.82) is 0 Å². The molecule has 162 valence electrons. The number of aliphatic hydroxyl groups excluding tert-OH is 1. The quantitative estimate of drug-likeness (QED) is 0.315. The Morgan fingerprint density at radius 2 is 2.10 bits per heavy atom. The van der Waals surface area contributed by atoms with Crippen molar-refractivity contribution in [2.75, 3.05) is 25.6 Å². The molecule has 0 bridgehead atoms. The van der Waals surface area contributed by atoms with E-state index in [0.717, 1.165) is 0 Å². The molecule has 31 heavy (non-hydrogen) atoms. The standard InChI is InChI=1S/C22H22FN3O4S/c1-13(27)14-6-7-16(18(23)10-14)19-11-17(21(24)28)22(31-19)26-20-5-3-4-15(25-20)12-30-9-8-29-2/h3-7,10-11,27H,1,8-9,12H2,2H3,(H2,24,28)(H,25,26). The fourth-order valence-electron chi connectivity index (χ4n) is 2.76. The maximum absolute atomic E-state index is 14.6. The van der Waals surface area contributed by atoms with Crippen LogP contribution in [0.15, 0.2) is 49.0 Å². The fraction of sp³-hybridized carbons (Fsp3) is 0.182. The number of nitrogens with zero attached hydrogens (tertiary/aromatic N) is 1. The third kappa shape index (κ3) is 5.66. The lowest BCUT2D eigenvalue weighted by Gasteiger charge is -2.08. The van der Waals surface area contributed by atoms with Crippen molar-refractivity contribution in [3.05, 3.63) is 71.7 Å². The summed E-state index contributed by atoms with van der Waals surface area (Å²) in [5.41, 5.74) is 7.00. The number of carbonyl (C=O) groups is 1. The average Bonchev–Trinajstić information content (AvgIpc) is 3.15. The second kappa shape index (κ2) is 10.2. The summed E-state index contributed by atoms with van der Waals surface area (Å²) in [6, 6.07) is 11.1. The number of halogens is 1. The number of ether oxygens (including phenoxy) is 2. The number of amides is 1. The Morgan fingerprint density at radius 3 is 2.77 bits per heavy atom. The summed E-state index contributed by atoms with van der Waals surface area (Å²) in [4.78, 5) is 16.9. The monoisotopic (exact) mass is 443 g/mol. The van der Waals surface area contributed by atoms with E-state index in [1.165, 1.54) is 29.5 Å². The van der Waals surface area contributed by atoms with Crippen molar-refractivity contribution in [3.8, 4) is 10.4 Å². The highest BCUT2D eigenvalue weighted by Gasteiger charge is 2.18. The first-order valence-corrected chi connectivity index (χ1v) is 10.1. The van der Waals surface area contributed by atoms with Crippen LogP contribution in [0.2, 0.25) is 0 Å². The minimum atomic E-state index is -0.648. The Balaban J connectivity index is 1.85. The van der Waals surface area contributed by atoms with Crippen LogP contribution in [0.4, 0.5) is 15.2 Å². The summed E-state index contributed by atoms with van der Waals surface area (Å²) in [5.74, 6) is -0.931. The molecule has 2 heterocycles. The third-order valence-electron chi connectivity index (χ3n) is 4.30. The number of pyridine rings is 1. The molecule has 0 unspecified atom stereocenters. The fourth-order valence-corrected chi connectivity index (χ4v) is 3.86. The van der Waals surface area contributed by atoms with Crippen molar-refractivity contribution in [2.24, 2.45) is 5.73 Å². The van der Waals surface area contributed by atoms with E-state index in [-0.39, 0.29) is 22.4 Å². The highest BCUT2D eigenvalue weighted by molar-refractivity contribution is 7.19. The summed E-state index contributed by atoms with van der Waals surface area (Å²) < 4.78 is 25.0. The van der Waals surface area contributed by atoms with Gasteiger partial charge in [0.2, 0.25) is 0 Å². The number of aromatic nitrogens is 1. The minimum absolute atomic E-state index is 0.221. The lowest BCUT2D eigenvalue weighted by molar-refractivity contribution is 0.0602. The number of aliphatic hydroxyl groups is 1. The molecular formula is C22H22FN3O4S. The number of nitrogens with two attached hydrogens (primary N) is 1. The Bertz CT molecular complexity index is 1100. The molecule has 7 nitrogen and oxygen atoms in total. The number of primary amides is 1. The van der Waals surface area contributed by atoms with Crippen LogP contribution >= 0.6 is 11.3 Å². The van der Waals surface area contributed by atoms with Gasteiger partial charge in [0.25, 0.3) is 5.91 Å². The molecule has 1 amide bonds. The molecule has 2 aromatic heterocycles. The smallest absolute Gasteiger partial charge is 0.251 e. The number of anilines is 2. The van der Waals surface area contributed by atoms with Gasteiger partial charge in [0.1, 0.15) is 22.4 Å². The zero-order valence-corrected chi connectivity index (χ0v) is 17.7. The van der Waals surface area contributed by atoms with Gasteiger partial charge in [-0.05, 0) is 30.3 Å². The van der Waals surface area contributed by atoms with Crippen molar-refractivity contribution < 1.29 is 23.8 Å². The van der Waals surface area contributed by atoms with Crippen LogP contribution in [0, 0.1) is 5.82 Å². The van der Waals surface area contributed by atoms with Gasteiger partial charge in [-0.15, -0.1) is 11.3 Å². The SMILES string of the molecule is C=C(O)c1ccc(-c2cc(C(N)=O)c(Nc3cccc(COCCOC)n3)s2)c(F)c1. The van der Waals surface area contributed by atoms with Crippen LogP contribution in [0.3, 0.4) is 0 Å². The molecule has 0 atom stereocenters. The van der Waals surface area contributed by atoms with Gasteiger partial charge in [0.05, 0.1) is 31.1 Å². The number of rotatable bonds is 10. The molecule has 0 fully saturated rings. The predicted octanol–water partition coefficient (Wildman–Crippen LogP) is 4.48. The van der Waals surface area contributed by atoms with Crippen LogP contribution in [0.25, 0.3) is 16.2 Å². The maximum atomic E-state index is 14.6. The number of hydrogen-bond acceptors (Lipinski definition) is 7. The van der Waals surface area contributed by atoms with Crippen LogP contribution in [-0.4, -0.2) is 36.3 Å². The van der Waals surface area contributed by atoms with E-state index in [9.17, 15) is 14.3 Å². The van der Waals surface area contributed by atoms with Gasteiger partial charge in [0, 0.05) is 23.1 Å². The second-order valence-electron chi connectivity index (χ2n) is 6.54. The molecule has 0 saturated heterocycles. The molecule has 0 spiro atoms. The van der Waals surface area contributed by atoms with E-state index in [1.54, 1.807) is 19.2 Å². The predicted molar refractivity (Wildman–Crippen MR) is 119 cm³/mol. The normalized spacial score (nSPS) is 10.8. The molecular weight excluding hydrogens is 421 g/mol. The summed E-state index contributed by atoms with van der Waals surface area (Å²) in [6.07, 6.45) is 0. The number of hydrogen-bond donors (Lipinski definition) is 3. The van der Waals surface area contributed by atoms with E-state index >= 15 is 0 Å². The largest absolute Gasteiger partial charge is 0.508 e. The van der Waals surface area contributed by atoms with E-state index in [0.29, 0.717) is 41.2 Å². The van der Waals surface area contributed by atoms with Gasteiger partial charge in [-0.2, -0.15) is 0 Å². The Morgan fingerprint density at radius 1 is 1.29 bits per heavy atom. The average molecular weight is 444 g/mol. The van der Waals surface area contributed by atoms with Crippen LogP contribution in [0.5, 0.6) is 0 Å². The first kappa shape index (κ1) is 22.4. The first-order valence-electron chi connectivity index (χ1n) is 9.30. The zero-order chi connectivity index (χ0) is 22.4. The van der Waals surface area contributed by atoms with E-state index in [2.05, 4.69) is 16.9 Å². The Labute approximate surface area is 183 Å². The zero-order valence-electron chi connectivity index (χ0n) is 16.9. The van der Waals surface area contributed by atoms with Crippen molar-refractivity contribution in [2.45, 2.75) is 6.61 Å². The van der Waals surface area contributed by atoms with Crippen molar-refractivity contribution in [1.82, 2.24) is 4.98 Å². The summed E-state index contributed by atoms with van der Waals surface area (Å²) in [6.45, 7) is 4.64. The highest BCUT2D eigenvalue weighted by Crippen LogP contribution is 2.38. The van der Waals surface area contributed by atoms with Gasteiger partial charge in [-0.25, -0.2) is 9.37 Å². The lowest BCUT2D eigenvalue weighted by Crippen LogP contribution is -2.11. The molecule has 1 aromatic carbocycles. The lowest BCUT2D eigenvalue weighted by atomic mass is 10.1. The van der Waals surface area contributed by atoms with Crippen LogP contribution in [-0.2, 0) is 16.1 Å². The van der Waals surface area contributed by atoms with Gasteiger partial charge in [-0.3, -0.25) is 4.79 Å². The minimum Gasteiger partial charge on any atom is -0.508 e. The van der Waals surface area contributed by atoms with Gasteiger partial charge in [-0.1, -0.05) is 18.7 Å². The van der Waals surface area contributed by atoms with Gasteiger partial charge in [0.15, 0.2) is 0 Å². The molecule has 9 heteroatoms. The number of methoxy groups -OCH3 is 1. The number of benzene rings is 1. The molecule has 0 saturated carbocycles. The molecule has 3 rings (SSSR count). The van der Waals surface area contributed by atoms with Crippen molar-refractivity contribution in [3.63, 3.8) is 0 Å². The Hall–Kier alpha value is -3.27. The Kier molecular flexibility index (Phi) is 7.35. The van der Waals surface area contributed by atoms with Gasteiger partial charge < -0.3 is 25.6 Å². The summed E-state index contributed by atoms with van der Waals surface area (Å²) in [7, 11) is 1.60. The highest BCUT2D eigenvalue weighted by atomic mass is 32.1. The number of thiophene rings is 1. The van der Waals surface area contributed by atoms with Crippen molar-refractivity contribution >= 4 is 33.8 Å². The van der Waals surface area contributed by atoms with Crippen LogP contribution < -0.4 is 11.1 Å². The number of carbonyl (C=O) groups excluding carboxylic acids is 1. The molecule has 0 aliphatic carbocycles. The molecule has 0 aliphatic heterocycles. The van der Waals surface area contributed by atoms with Crippen LogP contribution in [0.1, 0.15) is 21.6 Å². The summed E-state index contributed by atoms with van der Waals surface area (Å²) in [5, 5.41) is 13.0. The maximum Gasteiger partial charge on any atom is 0.251 e. The van der Waals surface area contributed by atoms with Gasteiger partial charge >= 0.3 is 0 Å². The van der Waals surface area contributed by atoms with E-state index in [1.807, 2.05) is 12.1 Å². The number of nitrogens with one attached hydrogen (secondary N) is 1. The topological polar surface area (TPSA) is 107 Å². The molecule has 0 radical (unpaired) electrons.